The Bertz CT molecular complexity index is 716. The molecule has 1 heterocycles. The molecule has 0 spiro atoms. The van der Waals surface area contributed by atoms with Crippen LogP contribution in [0, 0.1) is 0 Å². The van der Waals surface area contributed by atoms with E-state index >= 15 is 0 Å². The van der Waals surface area contributed by atoms with Gasteiger partial charge < -0.3 is 14.8 Å². The second kappa shape index (κ2) is 6.55. The molecule has 0 saturated carbocycles. The maximum Gasteiger partial charge on any atom is 0.330 e. The van der Waals surface area contributed by atoms with E-state index in [1.807, 2.05) is 4.72 Å². The van der Waals surface area contributed by atoms with E-state index in [0.717, 1.165) is 16.1 Å². The minimum atomic E-state index is -3.94. The van der Waals surface area contributed by atoms with Crippen LogP contribution in [0.4, 0.5) is 5.69 Å². The number of aryl methyl sites for hydroxylation is 1. The van der Waals surface area contributed by atoms with Gasteiger partial charge in [0.2, 0.25) is 5.88 Å². The predicted molar refractivity (Wildman–Crippen MR) is 81.9 cm³/mol. The number of hydrogen-bond acceptors (Lipinski definition) is 5. The van der Waals surface area contributed by atoms with Crippen LogP contribution in [-0.2, 0) is 27.7 Å². The van der Waals surface area contributed by atoms with Gasteiger partial charge in [-0.2, -0.15) is 8.42 Å². The molecule has 1 aliphatic rings. The van der Waals surface area contributed by atoms with E-state index in [0.29, 0.717) is 19.3 Å². The third-order valence-corrected chi connectivity index (χ3v) is 4.97. The first-order valence-electron chi connectivity index (χ1n) is 6.42. The van der Waals surface area contributed by atoms with Crippen molar-refractivity contribution in [3.8, 4) is 5.75 Å². The van der Waals surface area contributed by atoms with Crippen molar-refractivity contribution in [1.82, 2.24) is 4.72 Å². The van der Waals surface area contributed by atoms with Crippen LogP contribution in [0.15, 0.2) is 30.3 Å². The molecule has 122 valence electrons. The lowest BCUT2D eigenvalue weighted by molar-refractivity contribution is 0.392. The highest BCUT2D eigenvalue weighted by molar-refractivity contribution is 7.91. The van der Waals surface area contributed by atoms with Crippen molar-refractivity contribution in [3.63, 3.8) is 0 Å². The van der Waals surface area contributed by atoms with E-state index in [1.54, 1.807) is 6.07 Å². The number of anilines is 1. The van der Waals surface area contributed by atoms with Crippen molar-refractivity contribution in [2.24, 2.45) is 0 Å². The molecule has 1 unspecified atom stereocenters. The Morgan fingerprint density at radius 2 is 1.95 bits per heavy atom. The molecular formula is C12H16N2O6S2. The second-order valence-electron chi connectivity index (χ2n) is 4.72. The highest BCUT2D eigenvalue weighted by Crippen LogP contribution is 2.32. The summed E-state index contributed by atoms with van der Waals surface area (Å²) in [5.41, 5.74) is 0.805. The molecular weight excluding hydrogens is 332 g/mol. The second-order valence-corrected chi connectivity index (χ2v) is 7.32. The minimum absolute atomic E-state index is 0.0248. The van der Waals surface area contributed by atoms with E-state index in [2.05, 4.69) is 0 Å². The van der Waals surface area contributed by atoms with Gasteiger partial charge >= 0.3 is 10.2 Å². The molecule has 0 aromatic heterocycles. The van der Waals surface area contributed by atoms with Crippen molar-refractivity contribution in [2.45, 2.75) is 19.3 Å². The molecule has 8 nitrogen and oxygen atoms in total. The lowest BCUT2D eigenvalue weighted by atomic mass is 10.1. The largest absolute Gasteiger partial charge is 0.506 e. The summed E-state index contributed by atoms with van der Waals surface area (Å²) >= 11 is -1.81. The first-order valence-corrected chi connectivity index (χ1v) is 9.13. The van der Waals surface area contributed by atoms with Crippen LogP contribution in [0.3, 0.4) is 0 Å². The Hall–Kier alpha value is -1.78. The number of aliphatic hydroxyl groups excluding tert-OH is 1. The van der Waals surface area contributed by atoms with Crippen molar-refractivity contribution < 1.29 is 27.4 Å². The Balaban J connectivity index is 2.09. The quantitative estimate of drug-likeness (QED) is 0.448. The fourth-order valence-electron chi connectivity index (χ4n) is 2.05. The Labute approximate surface area is 130 Å². The van der Waals surface area contributed by atoms with Crippen molar-refractivity contribution in [3.05, 3.63) is 35.8 Å². The topological polar surface area (TPSA) is 127 Å². The van der Waals surface area contributed by atoms with Crippen LogP contribution in [0.1, 0.15) is 18.4 Å². The van der Waals surface area contributed by atoms with Gasteiger partial charge in [0.15, 0.2) is 11.1 Å². The molecule has 2 rings (SSSR count). The molecule has 0 fully saturated rings. The maximum absolute atomic E-state index is 11.7. The summed E-state index contributed by atoms with van der Waals surface area (Å²) < 4.78 is 45.3. The number of hydrogen-bond donors (Lipinski definition) is 4. The zero-order chi connectivity index (χ0) is 16.3. The summed E-state index contributed by atoms with van der Waals surface area (Å²) in [6, 6.07) is 4.52. The number of unbranched alkanes of at least 4 members (excludes halogenated alkanes) is 1. The number of phenolic OH excluding ortho intramolecular Hbond substituents is 1. The van der Waals surface area contributed by atoms with Gasteiger partial charge in [-0.1, -0.05) is 6.07 Å². The van der Waals surface area contributed by atoms with E-state index in [1.165, 1.54) is 12.1 Å². The normalized spacial score (nSPS) is 17.9. The molecule has 0 aliphatic carbocycles. The monoisotopic (exact) mass is 348 g/mol. The number of benzene rings is 1. The summed E-state index contributed by atoms with van der Waals surface area (Å²) in [4.78, 5) is 0. The predicted octanol–water partition coefficient (Wildman–Crippen LogP) is 0.948. The molecule has 4 N–H and O–H groups in total. The van der Waals surface area contributed by atoms with Gasteiger partial charge in [0.1, 0.15) is 11.4 Å². The summed E-state index contributed by atoms with van der Waals surface area (Å²) in [6.07, 6.45) is 2.81. The lowest BCUT2D eigenvalue weighted by Crippen LogP contribution is -2.29. The van der Waals surface area contributed by atoms with E-state index in [-0.39, 0.29) is 17.2 Å². The van der Waals surface area contributed by atoms with Gasteiger partial charge in [0.25, 0.3) is 0 Å². The molecule has 10 heteroatoms. The molecule has 1 atom stereocenters. The first kappa shape index (κ1) is 16.6. The summed E-state index contributed by atoms with van der Waals surface area (Å²) in [5, 5.41) is 19.2. The number of nitrogens with one attached hydrogen (secondary N) is 1. The summed E-state index contributed by atoms with van der Waals surface area (Å²) in [6.45, 7) is 0. The summed E-state index contributed by atoms with van der Waals surface area (Å²) in [7, 11) is -3.94. The zero-order valence-corrected chi connectivity index (χ0v) is 13.1. The van der Waals surface area contributed by atoms with Crippen molar-refractivity contribution in [2.75, 3.05) is 10.1 Å². The molecule has 1 aliphatic heterocycles. The smallest absolute Gasteiger partial charge is 0.330 e. The van der Waals surface area contributed by atoms with E-state index < -0.39 is 27.2 Å². The molecule has 0 radical (unpaired) electrons. The number of rotatable bonds is 6. The van der Waals surface area contributed by atoms with E-state index in [4.69, 9.17) is 4.55 Å². The van der Waals surface area contributed by atoms with Gasteiger partial charge in [-0.05, 0) is 37.0 Å². The van der Waals surface area contributed by atoms with Crippen molar-refractivity contribution >= 4 is 27.0 Å². The maximum atomic E-state index is 11.7. The van der Waals surface area contributed by atoms with Crippen molar-refractivity contribution in [1.29, 1.82) is 0 Å². The van der Waals surface area contributed by atoms with Crippen LogP contribution in [0.2, 0.25) is 0 Å². The van der Waals surface area contributed by atoms with Gasteiger partial charge in [-0.25, -0.2) is 13.2 Å². The number of nitrogens with zero attached hydrogens (tertiary/aromatic N) is 1. The van der Waals surface area contributed by atoms with Crippen LogP contribution >= 0.6 is 0 Å². The van der Waals surface area contributed by atoms with Gasteiger partial charge in [0.05, 0.1) is 6.20 Å². The molecule has 1 aromatic rings. The highest BCUT2D eigenvalue weighted by Gasteiger charge is 2.30. The molecule has 22 heavy (non-hydrogen) atoms. The molecule has 0 amide bonds. The fourth-order valence-corrected chi connectivity index (χ4v) is 3.57. The lowest BCUT2D eigenvalue weighted by Gasteiger charge is -2.16. The molecule has 0 saturated heterocycles. The van der Waals surface area contributed by atoms with Gasteiger partial charge in [0, 0.05) is 5.75 Å². The minimum Gasteiger partial charge on any atom is -0.506 e. The summed E-state index contributed by atoms with van der Waals surface area (Å²) in [5.74, 6) is -0.564. The van der Waals surface area contributed by atoms with E-state index in [9.17, 15) is 22.8 Å². The first-order chi connectivity index (χ1) is 10.3. The fraction of sp³-hybridized carbons (Fsp3) is 0.333. The molecule has 0 bridgehead atoms. The standard InChI is InChI=1S/C12H16N2O6S2/c15-11-7-9(3-1-2-6-21(17)18)4-5-10(11)14-8-12(16)13-22(14,19)20/h4-5,7-8,13,15-16H,1-3,6H2,(H,17,18). The zero-order valence-electron chi connectivity index (χ0n) is 11.5. The molecule has 1 aromatic carbocycles. The Kier molecular flexibility index (Phi) is 4.94. The highest BCUT2D eigenvalue weighted by atomic mass is 32.2. The third-order valence-electron chi connectivity index (χ3n) is 3.04. The van der Waals surface area contributed by atoms with Crippen LogP contribution in [-0.4, -0.2) is 33.1 Å². The Morgan fingerprint density at radius 3 is 2.50 bits per heavy atom. The Morgan fingerprint density at radius 1 is 1.23 bits per heavy atom. The van der Waals surface area contributed by atoms with Crippen LogP contribution in [0.25, 0.3) is 0 Å². The number of phenols is 1. The SMILES string of the molecule is O=S(O)CCCCc1ccc(N2C=C(O)NS2(=O)=O)c(O)c1. The average Bonchev–Trinajstić information content (AvgIpc) is 2.67. The van der Waals surface area contributed by atoms with Crippen LogP contribution < -0.4 is 9.03 Å². The number of aliphatic hydroxyl groups is 1. The van der Waals surface area contributed by atoms with Gasteiger partial charge in [-0.15, -0.1) is 0 Å². The third kappa shape index (κ3) is 3.90. The van der Waals surface area contributed by atoms with Crippen LogP contribution in [0.5, 0.6) is 5.75 Å². The average molecular weight is 348 g/mol. The number of aromatic hydroxyl groups is 1. The van der Waals surface area contributed by atoms with Gasteiger partial charge in [-0.3, -0.25) is 0 Å².